The first-order valence-electron chi connectivity index (χ1n) is 11.6. The Labute approximate surface area is 213 Å². The van der Waals surface area contributed by atoms with Crippen molar-refractivity contribution in [2.45, 2.75) is 51.6 Å². The summed E-state index contributed by atoms with van der Waals surface area (Å²) in [7, 11) is 0. The maximum Gasteiger partial charge on any atom is 0.404 e. The van der Waals surface area contributed by atoms with E-state index < -0.39 is 6.09 Å². The number of phenolic OH excluding ortho intramolecular Hbond substituents is 1. The van der Waals surface area contributed by atoms with Crippen molar-refractivity contribution in [1.82, 2.24) is 10.3 Å². The van der Waals surface area contributed by atoms with Crippen LogP contribution in [0.25, 0.3) is 22.0 Å². The first kappa shape index (κ1) is 25.1. The minimum absolute atomic E-state index is 0.00995. The Morgan fingerprint density at radius 1 is 1.00 bits per heavy atom. The molecule has 1 heterocycles. The number of nitrogens with zero attached hydrogens (tertiary/aromatic N) is 1. The number of fused-ring (bicyclic) bond motifs is 1. The highest BCUT2D eigenvalue weighted by Crippen LogP contribution is 2.38. The summed E-state index contributed by atoms with van der Waals surface area (Å²) in [5.74, 6) is -0.382. The maximum absolute atomic E-state index is 13.1. The van der Waals surface area contributed by atoms with Gasteiger partial charge < -0.3 is 20.8 Å². The second-order valence-electron chi connectivity index (χ2n) is 9.23. The van der Waals surface area contributed by atoms with E-state index in [0.717, 1.165) is 53.4 Å². The lowest BCUT2D eigenvalue weighted by atomic mass is 9.90. The largest absolute Gasteiger partial charge is 0.505 e. The molecule has 0 spiro atoms. The Balaban J connectivity index is 1.75. The molecule has 0 radical (unpaired) electrons. The molecule has 1 aromatic heterocycles. The molecule has 0 saturated heterocycles. The Morgan fingerprint density at radius 2 is 1.63 bits per heavy atom. The lowest BCUT2D eigenvalue weighted by molar-refractivity contribution is 0.0940. The molecule has 184 valence electrons. The van der Waals surface area contributed by atoms with E-state index in [2.05, 4.69) is 15.6 Å². The van der Waals surface area contributed by atoms with Gasteiger partial charge in [0.05, 0.1) is 26.8 Å². The third-order valence-corrected chi connectivity index (χ3v) is 6.99. The molecule has 0 bridgehead atoms. The third kappa shape index (κ3) is 5.46. The lowest BCUT2D eigenvalue weighted by Gasteiger charge is -2.30. The van der Waals surface area contributed by atoms with Crippen LogP contribution in [0.4, 0.5) is 10.5 Å². The summed E-state index contributed by atoms with van der Waals surface area (Å²) in [6.45, 7) is 3.71. The highest BCUT2D eigenvalue weighted by atomic mass is 35.5. The number of benzene rings is 2. The average Bonchev–Trinajstić information content (AvgIpc) is 2.82. The van der Waals surface area contributed by atoms with Crippen LogP contribution in [0.1, 0.15) is 49.9 Å². The second-order valence-corrected chi connectivity index (χ2v) is 10.0. The molecule has 1 amide bonds. The fourth-order valence-electron chi connectivity index (χ4n) is 4.52. The van der Waals surface area contributed by atoms with Gasteiger partial charge in [-0.2, -0.15) is 0 Å². The van der Waals surface area contributed by atoms with Crippen LogP contribution in [0.15, 0.2) is 36.5 Å². The van der Waals surface area contributed by atoms with E-state index in [1.807, 2.05) is 32.0 Å². The quantitative estimate of drug-likeness (QED) is 0.270. The number of aromatic hydroxyl groups is 1. The highest BCUT2D eigenvalue weighted by Gasteiger charge is 2.25. The molecule has 0 unspecified atom stereocenters. The number of Topliss-reactive ketones (excluding diaryl/α,β-unsaturated/α-hetero) is 1. The molecule has 7 nitrogen and oxygen atoms in total. The number of carbonyl (C=O) groups excluding carboxylic acids is 1. The number of amides is 1. The van der Waals surface area contributed by atoms with Crippen LogP contribution in [-0.4, -0.2) is 39.2 Å². The van der Waals surface area contributed by atoms with E-state index in [9.17, 15) is 14.7 Å². The smallest absolute Gasteiger partial charge is 0.404 e. The van der Waals surface area contributed by atoms with Gasteiger partial charge in [0.2, 0.25) is 0 Å². The highest BCUT2D eigenvalue weighted by molar-refractivity contribution is 6.37. The average molecular weight is 516 g/mol. The Hall–Kier alpha value is -3.03. The number of carbonyl (C=O) groups is 2. The zero-order valence-corrected chi connectivity index (χ0v) is 21.0. The SMILES string of the molecule is CC(C)C(=O)c1cnc2ccc(-c3cc(Cl)c(O)c(Cl)c3)cc2c1N[C@H]1CC[C@H](NC(=O)O)CC1. The summed E-state index contributed by atoms with van der Waals surface area (Å²) in [6.07, 6.45) is 3.60. The predicted octanol–water partition coefficient (Wildman–Crippen LogP) is 6.74. The van der Waals surface area contributed by atoms with E-state index in [-0.39, 0.29) is 39.6 Å². The van der Waals surface area contributed by atoms with Crippen LogP contribution < -0.4 is 10.6 Å². The molecular weight excluding hydrogens is 489 g/mol. The van der Waals surface area contributed by atoms with Crippen molar-refractivity contribution in [2.24, 2.45) is 5.92 Å². The van der Waals surface area contributed by atoms with Gasteiger partial charge in [0.25, 0.3) is 0 Å². The van der Waals surface area contributed by atoms with Crippen molar-refractivity contribution in [3.63, 3.8) is 0 Å². The van der Waals surface area contributed by atoms with Gasteiger partial charge in [0.1, 0.15) is 0 Å². The monoisotopic (exact) mass is 515 g/mol. The fraction of sp³-hybridized carbons (Fsp3) is 0.346. The molecule has 1 fully saturated rings. The number of halogens is 2. The third-order valence-electron chi connectivity index (χ3n) is 6.41. The Bertz CT molecular complexity index is 1260. The molecule has 0 atom stereocenters. The summed E-state index contributed by atoms with van der Waals surface area (Å²) in [5.41, 5.74) is 3.52. The Morgan fingerprint density at radius 3 is 2.23 bits per heavy atom. The van der Waals surface area contributed by atoms with Crippen molar-refractivity contribution in [3.05, 3.63) is 52.1 Å². The Kier molecular flexibility index (Phi) is 7.38. The maximum atomic E-state index is 13.1. The van der Waals surface area contributed by atoms with Gasteiger partial charge in [-0.1, -0.05) is 43.1 Å². The van der Waals surface area contributed by atoms with Crippen LogP contribution in [0, 0.1) is 5.92 Å². The van der Waals surface area contributed by atoms with Gasteiger partial charge in [-0.3, -0.25) is 9.78 Å². The summed E-state index contributed by atoms with van der Waals surface area (Å²) in [5, 5.41) is 26.2. The van der Waals surface area contributed by atoms with E-state index in [1.165, 1.54) is 0 Å². The summed E-state index contributed by atoms with van der Waals surface area (Å²) < 4.78 is 0. The minimum Gasteiger partial charge on any atom is -0.505 e. The first-order valence-corrected chi connectivity index (χ1v) is 12.3. The number of anilines is 1. The fourth-order valence-corrected chi connectivity index (χ4v) is 5.01. The topological polar surface area (TPSA) is 112 Å². The molecule has 1 aliphatic rings. The first-order chi connectivity index (χ1) is 16.6. The van der Waals surface area contributed by atoms with Crippen LogP contribution in [0.2, 0.25) is 10.0 Å². The number of hydrogen-bond donors (Lipinski definition) is 4. The van der Waals surface area contributed by atoms with E-state index in [1.54, 1.807) is 18.3 Å². The number of phenols is 1. The van der Waals surface area contributed by atoms with E-state index >= 15 is 0 Å². The van der Waals surface area contributed by atoms with Crippen molar-refractivity contribution >= 4 is 51.7 Å². The van der Waals surface area contributed by atoms with Crippen LogP contribution >= 0.6 is 23.2 Å². The zero-order chi connectivity index (χ0) is 25.3. The normalized spacial score (nSPS) is 18.0. The standard InChI is InChI=1S/C26H27Cl2N3O4/c1-13(2)24(32)19-12-29-22-8-3-14(15-10-20(27)25(33)21(28)11-15)9-18(22)23(19)30-16-4-6-17(7-5-16)31-26(34)35/h3,8-13,16-17,31,33H,4-7H2,1-2H3,(H,29,30)(H,34,35)/t16-,17-. The number of aromatic nitrogens is 1. The van der Waals surface area contributed by atoms with Gasteiger partial charge in [-0.05, 0) is 61.1 Å². The molecule has 1 aliphatic carbocycles. The van der Waals surface area contributed by atoms with Crippen molar-refractivity contribution in [2.75, 3.05) is 5.32 Å². The lowest BCUT2D eigenvalue weighted by Crippen LogP contribution is -2.39. The molecule has 9 heteroatoms. The van der Waals surface area contributed by atoms with Crippen molar-refractivity contribution in [1.29, 1.82) is 0 Å². The number of hydrogen-bond acceptors (Lipinski definition) is 5. The van der Waals surface area contributed by atoms with E-state index in [4.69, 9.17) is 28.3 Å². The summed E-state index contributed by atoms with van der Waals surface area (Å²) in [4.78, 5) is 28.6. The van der Waals surface area contributed by atoms with Gasteiger partial charge in [-0.15, -0.1) is 0 Å². The van der Waals surface area contributed by atoms with E-state index in [0.29, 0.717) is 5.56 Å². The number of nitrogens with one attached hydrogen (secondary N) is 2. The number of ketones is 1. The van der Waals surface area contributed by atoms with Crippen LogP contribution in [-0.2, 0) is 0 Å². The molecule has 0 aliphatic heterocycles. The van der Waals surface area contributed by atoms with Crippen LogP contribution in [0.3, 0.4) is 0 Å². The molecule has 2 aromatic carbocycles. The van der Waals surface area contributed by atoms with Gasteiger partial charge in [-0.25, -0.2) is 4.79 Å². The summed E-state index contributed by atoms with van der Waals surface area (Å²) in [6, 6.07) is 9.03. The number of pyridine rings is 1. The molecule has 3 aromatic rings. The molecule has 1 saturated carbocycles. The molecule has 4 rings (SSSR count). The van der Waals surface area contributed by atoms with Gasteiger partial charge >= 0.3 is 6.09 Å². The summed E-state index contributed by atoms with van der Waals surface area (Å²) >= 11 is 12.3. The molecule has 4 N–H and O–H groups in total. The van der Waals surface area contributed by atoms with Gasteiger partial charge in [0, 0.05) is 29.6 Å². The predicted molar refractivity (Wildman–Crippen MR) is 139 cm³/mol. The van der Waals surface area contributed by atoms with Crippen molar-refractivity contribution in [3.8, 4) is 16.9 Å². The molecule has 35 heavy (non-hydrogen) atoms. The molecular formula is C26H27Cl2N3O4. The van der Waals surface area contributed by atoms with Crippen molar-refractivity contribution < 1.29 is 19.8 Å². The zero-order valence-electron chi connectivity index (χ0n) is 19.4. The number of rotatable bonds is 6. The number of carboxylic acid groups (broad SMARTS) is 1. The minimum atomic E-state index is -1.01. The van der Waals surface area contributed by atoms with Crippen LogP contribution in [0.5, 0.6) is 5.75 Å². The van der Waals surface area contributed by atoms with Gasteiger partial charge in [0.15, 0.2) is 11.5 Å². The second kappa shape index (κ2) is 10.3.